The number of imidazole rings is 1. The molecule has 0 bridgehead atoms. The van der Waals surface area contributed by atoms with Crippen LogP contribution in [0.1, 0.15) is 5.69 Å². The summed E-state index contributed by atoms with van der Waals surface area (Å²) in [5, 5.41) is 19.2. The molecule has 0 atom stereocenters. The van der Waals surface area contributed by atoms with Gasteiger partial charge in [-0.25, -0.2) is 4.98 Å². The Hall–Kier alpha value is -2.74. The predicted molar refractivity (Wildman–Crippen MR) is 76.1 cm³/mol. The van der Waals surface area contributed by atoms with Crippen molar-refractivity contribution in [3.05, 3.63) is 47.4 Å². The lowest BCUT2D eigenvalue weighted by atomic mass is 10.4. The average Bonchev–Trinajstić information content (AvgIpc) is 3.09. The van der Waals surface area contributed by atoms with E-state index in [9.17, 15) is 0 Å². The zero-order valence-corrected chi connectivity index (χ0v) is 11.4. The van der Waals surface area contributed by atoms with Crippen molar-refractivity contribution in [1.82, 2.24) is 34.6 Å². The molecule has 0 radical (unpaired) electrons. The maximum absolute atomic E-state index is 5.95. The van der Waals surface area contributed by atoms with Gasteiger partial charge in [-0.2, -0.15) is 0 Å². The summed E-state index contributed by atoms with van der Waals surface area (Å²) in [6.45, 7) is 0.542. The third-order valence-electron chi connectivity index (χ3n) is 2.99. The Morgan fingerprint density at radius 2 is 2.00 bits per heavy atom. The van der Waals surface area contributed by atoms with Gasteiger partial charge >= 0.3 is 0 Å². The van der Waals surface area contributed by atoms with Gasteiger partial charge in [-0.3, -0.25) is 0 Å². The van der Waals surface area contributed by atoms with Crippen LogP contribution in [0.4, 0.5) is 5.82 Å². The molecule has 0 spiro atoms. The highest BCUT2D eigenvalue weighted by atomic mass is 35.5. The molecule has 0 aliphatic heterocycles. The number of halogens is 1. The van der Waals surface area contributed by atoms with Crippen molar-refractivity contribution in [2.24, 2.45) is 0 Å². The Morgan fingerprint density at radius 1 is 1.10 bits per heavy atom. The van der Waals surface area contributed by atoms with E-state index in [1.54, 1.807) is 6.07 Å². The maximum atomic E-state index is 5.95. The van der Waals surface area contributed by atoms with Crippen LogP contribution >= 0.6 is 11.6 Å². The van der Waals surface area contributed by atoms with E-state index in [-0.39, 0.29) is 0 Å². The fraction of sp³-hybridized carbons (Fsp3) is 0.0833. The van der Waals surface area contributed by atoms with Crippen LogP contribution in [-0.2, 0) is 6.54 Å². The normalized spacial score (nSPS) is 11.3. The molecule has 4 heterocycles. The number of nitrogens with zero attached hydrogens (tertiary/aromatic N) is 7. The quantitative estimate of drug-likeness (QED) is 0.616. The minimum absolute atomic E-state index is 0.542. The van der Waals surface area contributed by atoms with Gasteiger partial charge in [-0.1, -0.05) is 11.6 Å². The Kier molecular flexibility index (Phi) is 2.68. The van der Waals surface area contributed by atoms with E-state index in [2.05, 4.69) is 30.9 Å². The molecule has 0 fully saturated rings. The molecule has 1 N–H and O–H groups in total. The van der Waals surface area contributed by atoms with Gasteiger partial charge in [0, 0.05) is 12.4 Å². The highest BCUT2D eigenvalue weighted by Gasteiger charge is 2.04. The monoisotopic (exact) mass is 300 g/mol. The van der Waals surface area contributed by atoms with E-state index in [1.807, 2.05) is 35.0 Å². The molecule has 4 rings (SSSR count). The van der Waals surface area contributed by atoms with Crippen molar-refractivity contribution in [2.75, 3.05) is 5.32 Å². The first-order valence-electron chi connectivity index (χ1n) is 6.20. The Bertz CT molecular complexity index is 927. The first-order valence-corrected chi connectivity index (χ1v) is 6.58. The molecule has 0 unspecified atom stereocenters. The molecular formula is C12H9ClN8. The fourth-order valence-corrected chi connectivity index (χ4v) is 2.20. The SMILES string of the molecule is Clc1ccc2nc(CNc3ccc4nnnn4n3)cn2c1. The number of hydrogen-bond donors (Lipinski definition) is 1. The molecule has 0 amide bonds. The van der Waals surface area contributed by atoms with Crippen LogP contribution in [0.5, 0.6) is 0 Å². The van der Waals surface area contributed by atoms with Crippen molar-refractivity contribution in [3.8, 4) is 0 Å². The lowest BCUT2D eigenvalue weighted by Crippen LogP contribution is -2.04. The lowest BCUT2D eigenvalue weighted by Gasteiger charge is -2.02. The van der Waals surface area contributed by atoms with Crippen molar-refractivity contribution >= 4 is 28.7 Å². The number of pyridine rings is 1. The summed E-state index contributed by atoms with van der Waals surface area (Å²) in [6, 6.07) is 7.29. The Labute approximate surface area is 123 Å². The number of rotatable bonds is 3. The Balaban J connectivity index is 1.56. The van der Waals surface area contributed by atoms with Crippen molar-refractivity contribution in [3.63, 3.8) is 0 Å². The largest absolute Gasteiger partial charge is 0.363 e. The smallest absolute Gasteiger partial charge is 0.200 e. The second kappa shape index (κ2) is 4.67. The van der Waals surface area contributed by atoms with Gasteiger partial charge in [0.05, 0.1) is 17.3 Å². The number of anilines is 1. The van der Waals surface area contributed by atoms with Gasteiger partial charge in [0.15, 0.2) is 5.65 Å². The molecule has 0 aromatic carbocycles. The number of tetrazole rings is 1. The van der Waals surface area contributed by atoms with E-state index in [0.717, 1.165) is 11.3 Å². The van der Waals surface area contributed by atoms with Crippen LogP contribution in [0.15, 0.2) is 36.7 Å². The van der Waals surface area contributed by atoms with Crippen molar-refractivity contribution in [1.29, 1.82) is 0 Å². The molecule has 104 valence electrons. The summed E-state index contributed by atoms with van der Waals surface area (Å²) < 4.78 is 3.25. The topological polar surface area (TPSA) is 85.3 Å². The number of hydrogen-bond acceptors (Lipinski definition) is 6. The van der Waals surface area contributed by atoms with Crippen LogP contribution in [-0.4, -0.2) is 34.6 Å². The second-order valence-corrected chi connectivity index (χ2v) is 4.88. The molecule has 8 nitrogen and oxygen atoms in total. The van der Waals surface area contributed by atoms with E-state index >= 15 is 0 Å². The van der Waals surface area contributed by atoms with Crippen LogP contribution in [0.2, 0.25) is 5.02 Å². The van der Waals surface area contributed by atoms with Gasteiger partial charge in [0.25, 0.3) is 0 Å². The van der Waals surface area contributed by atoms with Gasteiger partial charge in [0.1, 0.15) is 11.5 Å². The zero-order valence-electron chi connectivity index (χ0n) is 10.7. The minimum Gasteiger partial charge on any atom is -0.363 e. The summed E-state index contributed by atoms with van der Waals surface area (Å²) in [5.41, 5.74) is 2.33. The number of fused-ring (bicyclic) bond motifs is 2. The zero-order chi connectivity index (χ0) is 14.2. The summed E-state index contributed by atoms with van der Waals surface area (Å²) in [5.74, 6) is 0.671. The third-order valence-corrected chi connectivity index (χ3v) is 3.21. The summed E-state index contributed by atoms with van der Waals surface area (Å²) in [7, 11) is 0. The van der Waals surface area contributed by atoms with Gasteiger partial charge < -0.3 is 9.72 Å². The number of nitrogens with one attached hydrogen (secondary N) is 1. The maximum Gasteiger partial charge on any atom is 0.200 e. The molecule has 0 aliphatic rings. The van der Waals surface area contributed by atoms with E-state index in [0.29, 0.717) is 23.0 Å². The van der Waals surface area contributed by atoms with Gasteiger partial charge in [0.2, 0.25) is 0 Å². The second-order valence-electron chi connectivity index (χ2n) is 4.44. The first-order chi connectivity index (χ1) is 10.3. The Morgan fingerprint density at radius 3 is 2.95 bits per heavy atom. The lowest BCUT2D eigenvalue weighted by molar-refractivity contribution is 0.733. The molecule has 4 aromatic heterocycles. The number of aromatic nitrogens is 7. The van der Waals surface area contributed by atoms with Crippen LogP contribution < -0.4 is 5.32 Å². The van der Waals surface area contributed by atoms with E-state index < -0.39 is 0 Å². The van der Waals surface area contributed by atoms with E-state index in [1.165, 1.54) is 4.63 Å². The van der Waals surface area contributed by atoms with Gasteiger partial charge in [-0.15, -0.1) is 14.8 Å². The predicted octanol–water partition coefficient (Wildman–Crippen LogP) is 1.43. The van der Waals surface area contributed by atoms with Crippen LogP contribution in [0.3, 0.4) is 0 Å². The van der Waals surface area contributed by atoms with Crippen LogP contribution in [0, 0.1) is 0 Å². The highest BCUT2D eigenvalue weighted by Crippen LogP contribution is 2.12. The molecule has 4 aromatic rings. The van der Waals surface area contributed by atoms with E-state index in [4.69, 9.17) is 11.6 Å². The fourth-order valence-electron chi connectivity index (χ4n) is 2.03. The average molecular weight is 301 g/mol. The third kappa shape index (κ3) is 2.25. The van der Waals surface area contributed by atoms with Crippen molar-refractivity contribution in [2.45, 2.75) is 6.54 Å². The molecule has 0 saturated carbocycles. The van der Waals surface area contributed by atoms with Crippen LogP contribution in [0.25, 0.3) is 11.3 Å². The molecule has 0 aliphatic carbocycles. The minimum atomic E-state index is 0.542. The summed E-state index contributed by atoms with van der Waals surface area (Å²) in [6.07, 6.45) is 3.74. The highest BCUT2D eigenvalue weighted by molar-refractivity contribution is 6.30. The summed E-state index contributed by atoms with van der Waals surface area (Å²) in [4.78, 5) is 4.49. The molecule has 9 heteroatoms. The summed E-state index contributed by atoms with van der Waals surface area (Å²) >= 11 is 5.95. The van der Waals surface area contributed by atoms with Gasteiger partial charge in [-0.05, 0) is 34.7 Å². The molecule has 0 saturated heterocycles. The molecule has 21 heavy (non-hydrogen) atoms. The molecular weight excluding hydrogens is 292 g/mol. The standard InChI is InChI=1S/C12H9ClN8/c13-8-1-3-11-15-9(7-20(11)6-8)5-14-10-2-4-12-16-18-19-21(12)17-10/h1-4,6-7H,5H2,(H,14,17). The first kappa shape index (κ1) is 12.0. The van der Waals surface area contributed by atoms with Crippen molar-refractivity contribution < 1.29 is 0 Å².